The summed E-state index contributed by atoms with van der Waals surface area (Å²) in [4.78, 5) is 3.92. The number of halogens is 1. The number of hydrogen-bond acceptors (Lipinski definition) is 3. The Hall–Kier alpha value is -1.16. The van der Waals surface area contributed by atoms with Gasteiger partial charge in [-0.05, 0) is 12.1 Å². The largest absolute Gasteiger partial charge is 0.243 e. The average molecular weight is 171 g/mol. The normalized spacial score (nSPS) is 10.4. The van der Waals surface area contributed by atoms with Crippen molar-refractivity contribution in [1.29, 1.82) is 0 Å². The minimum absolute atomic E-state index is 0.601. The summed E-state index contributed by atoms with van der Waals surface area (Å²) in [5, 5.41) is 7.64. The second-order valence-corrected chi connectivity index (χ2v) is 2.21. The Morgan fingerprint density at radius 1 is 1.55 bits per heavy atom. The Morgan fingerprint density at radius 3 is 2.91 bits per heavy atom. The van der Waals surface area contributed by atoms with Gasteiger partial charge >= 0.3 is 0 Å². The number of nitrogens with zero attached hydrogens (tertiary/aromatic N) is 3. The first-order valence-electron chi connectivity index (χ1n) is 2.99. The second-order valence-electron chi connectivity index (χ2n) is 1.77. The maximum atomic E-state index is 5.60. The number of pyridine rings is 1. The first kappa shape index (κ1) is 7.94. The highest BCUT2D eigenvalue weighted by atomic mass is 35.5. The van der Waals surface area contributed by atoms with E-state index in [2.05, 4.69) is 20.7 Å². The van der Waals surface area contributed by atoms with E-state index < -0.39 is 0 Å². The lowest BCUT2D eigenvalue weighted by Crippen LogP contribution is -1.88. The van der Waals surface area contributed by atoms with E-state index in [-0.39, 0.29) is 0 Å². The quantitative estimate of drug-likeness (QED) is 0.546. The molecule has 58 valence electrons. The predicted molar refractivity (Wildman–Crippen MR) is 43.6 cm³/mol. The summed E-state index contributed by atoms with van der Waals surface area (Å²) in [6.45, 7) is 0. The van der Waals surface area contributed by atoms with Gasteiger partial charge in [-0.25, -0.2) is 10.4 Å². The van der Waals surface area contributed by atoms with Crippen LogP contribution in [0.25, 0.3) is 0 Å². The van der Waals surface area contributed by atoms with E-state index in [1.807, 2.05) is 0 Å². The van der Waals surface area contributed by atoms with Crippen LogP contribution in [0.3, 0.4) is 0 Å². The van der Waals surface area contributed by atoms with Crippen LogP contribution in [0, 0.1) is 0 Å². The molecule has 0 atom stereocenters. The number of nitrogens with one attached hydrogen (secondary N) is 1. The molecule has 1 aromatic rings. The van der Waals surface area contributed by atoms with Crippen molar-refractivity contribution in [1.82, 2.24) is 4.98 Å². The van der Waals surface area contributed by atoms with Gasteiger partial charge in [0.25, 0.3) is 0 Å². The summed E-state index contributed by atoms with van der Waals surface area (Å²) >= 11 is 5.60. The summed E-state index contributed by atoms with van der Waals surface area (Å²) in [5.74, 6) is 0.625. The molecule has 11 heavy (non-hydrogen) atoms. The van der Waals surface area contributed by atoms with Crippen molar-refractivity contribution in [2.75, 3.05) is 12.5 Å². The van der Waals surface area contributed by atoms with Crippen LogP contribution in [0.4, 0.5) is 5.82 Å². The topological polar surface area (TPSA) is 49.6 Å². The molecule has 1 N–H and O–H groups in total. The molecule has 0 aliphatic carbocycles. The number of hydrogen-bond donors (Lipinski definition) is 1. The third kappa shape index (κ3) is 2.51. The van der Waals surface area contributed by atoms with Gasteiger partial charge in [0.05, 0.1) is 12.1 Å². The molecule has 5 heteroatoms. The number of aromatic nitrogens is 1. The molecule has 0 fully saturated rings. The molecule has 1 heterocycles. The van der Waals surface area contributed by atoms with E-state index in [1.165, 1.54) is 6.20 Å². The molecule has 0 saturated heterocycles. The minimum atomic E-state index is 0.601. The second kappa shape index (κ2) is 3.88. The highest BCUT2D eigenvalue weighted by Crippen LogP contribution is 2.08. The molecule has 0 saturated carbocycles. The molecule has 0 radical (unpaired) electrons. The van der Waals surface area contributed by atoms with Gasteiger partial charge in [-0.15, -0.1) is 0 Å². The number of anilines is 1. The molecule has 0 aliphatic heterocycles. The van der Waals surface area contributed by atoms with Crippen molar-refractivity contribution < 1.29 is 0 Å². The van der Waals surface area contributed by atoms with Crippen molar-refractivity contribution in [2.24, 2.45) is 10.3 Å². The van der Waals surface area contributed by atoms with E-state index in [1.54, 1.807) is 19.2 Å². The van der Waals surface area contributed by atoms with E-state index in [0.29, 0.717) is 10.8 Å². The highest BCUT2D eigenvalue weighted by Gasteiger charge is 1.89. The van der Waals surface area contributed by atoms with E-state index in [4.69, 9.17) is 11.6 Å². The first-order valence-corrected chi connectivity index (χ1v) is 3.37. The monoisotopic (exact) mass is 170 g/mol. The van der Waals surface area contributed by atoms with Crippen LogP contribution >= 0.6 is 11.6 Å². The summed E-state index contributed by atoms with van der Waals surface area (Å²) < 4.78 is 0. The van der Waals surface area contributed by atoms with Gasteiger partial charge in [0.15, 0.2) is 0 Å². The smallest absolute Gasteiger partial charge is 0.147 e. The lowest BCUT2D eigenvalue weighted by molar-refractivity contribution is 1.06. The van der Waals surface area contributed by atoms with Crippen LogP contribution in [-0.4, -0.2) is 12.0 Å². The minimum Gasteiger partial charge on any atom is -0.243 e. The van der Waals surface area contributed by atoms with Crippen LogP contribution in [0.5, 0.6) is 0 Å². The van der Waals surface area contributed by atoms with Crippen molar-refractivity contribution in [2.45, 2.75) is 0 Å². The standard InChI is InChI=1S/C6H7ClN4/c1-8-11-10-6-3-2-5(7)4-9-6/h2-4H,1H3,(H,8,9,10). The van der Waals surface area contributed by atoms with Gasteiger partial charge in [0.2, 0.25) is 0 Å². The van der Waals surface area contributed by atoms with E-state index in [9.17, 15) is 0 Å². The fourth-order valence-corrected chi connectivity index (χ4v) is 0.655. The SMILES string of the molecule is CN=NNc1ccc(Cl)cn1. The summed E-state index contributed by atoms with van der Waals surface area (Å²) in [7, 11) is 1.57. The fourth-order valence-electron chi connectivity index (χ4n) is 0.543. The molecule has 0 amide bonds. The third-order valence-corrected chi connectivity index (χ3v) is 1.22. The van der Waals surface area contributed by atoms with Gasteiger partial charge in [-0.2, -0.15) is 5.11 Å². The maximum Gasteiger partial charge on any atom is 0.147 e. The molecule has 1 rings (SSSR count). The Kier molecular flexibility index (Phi) is 2.80. The van der Waals surface area contributed by atoms with Crippen molar-refractivity contribution in [3.05, 3.63) is 23.4 Å². The molecule has 1 aromatic heterocycles. The van der Waals surface area contributed by atoms with Crippen molar-refractivity contribution in [3.63, 3.8) is 0 Å². The predicted octanol–water partition coefficient (Wildman–Crippen LogP) is 2.14. The van der Waals surface area contributed by atoms with Gasteiger partial charge in [-0.3, -0.25) is 0 Å². The summed E-state index contributed by atoms with van der Waals surface area (Å²) in [5.41, 5.74) is 2.61. The molecule has 0 aliphatic rings. The van der Waals surface area contributed by atoms with E-state index >= 15 is 0 Å². The zero-order chi connectivity index (χ0) is 8.10. The maximum absolute atomic E-state index is 5.60. The van der Waals surface area contributed by atoms with Gasteiger partial charge in [0, 0.05) is 6.20 Å². The van der Waals surface area contributed by atoms with Gasteiger partial charge < -0.3 is 0 Å². The van der Waals surface area contributed by atoms with Crippen LogP contribution < -0.4 is 5.43 Å². The van der Waals surface area contributed by atoms with Crippen molar-refractivity contribution >= 4 is 17.4 Å². The van der Waals surface area contributed by atoms with E-state index in [0.717, 1.165) is 0 Å². The van der Waals surface area contributed by atoms with Gasteiger partial charge in [-0.1, -0.05) is 16.8 Å². The molecule has 0 bridgehead atoms. The molecule has 0 spiro atoms. The Labute approximate surface area is 69.3 Å². The van der Waals surface area contributed by atoms with Crippen LogP contribution in [0.1, 0.15) is 0 Å². The van der Waals surface area contributed by atoms with Crippen LogP contribution in [0.15, 0.2) is 28.7 Å². The van der Waals surface area contributed by atoms with Crippen LogP contribution in [0.2, 0.25) is 5.02 Å². The zero-order valence-electron chi connectivity index (χ0n) is 5.95. The molecular weight excluding hydrogens is 164 g/mol. The zero-order valence-corrected chi connectivity index (χ0v) is 6.71. The molecule has 0 aromatic carbocycles. The molecule has 0 unspecified atom stereocenters. The Balaban J connectivity index is 2.66. The average Bonchev–Trinajstić information content (AvgIpc) is 2.04. The Bertz CT molecular complexity index is 243. The third-order valence-electron chi connectivity index (χ3n) is 0.992. The van der Waals surface area contributed by atoms with Crippen LogP contribution in [-0.2, 0) is 0 Å². The highest BCUT2D eigenvalue weighted by molar-refractivity contribution is 6.30. The van der Waals surface area contributed by atoms with Gasteiger partial charge in [0.1, 0.15) is 5.82 Å². The Morgan fingerprint density at radius 2 is 2.36 bits per heavy atom. The lowest BCUT2D eigenvalue weighted by atomic mass is 10.5. The fraction of sp³-hybridized carbons (Fsp3) is 0.167. The lowest BCUT2D eigenvalue weighted by Gasteiger charge is -1.95. The summed E-state index contributed by atoms with van der Waals surface area (Å²) in [6, 6.07) is 3.44. The van der Waals surface area contributed by atoms with Crippen molar-refractivity contribution in [3.8, 4) is 0 Å². The molecular formula is C6H7ClN4. The summed E-state index contributed by atoms with van der Waals surface area (Å²) in [6.07, 6.45) is 1.54. The number of rotatable bonds is 2. The molecule has 4 nitrogen and oxygen atoms in total. The first-order chi connectivity index (χ1) is 5.33.